The number of pyridine rings is 1. The van der Waals surface area contributed by atoms with Crippen LogP contribution in [0.3, 0.4) is 0 Å². The van der Waals surface area contributed by atoms with Gasteiger partial charge in [-0.3, -0.25) is 14.6 Å². The third-order valence-corrected chi connectivity index (χ3v) is 7.43. The summed E-state index contributed by atoms with van der Waals surface area (Å²) < 4.78 is 5.74. The van der Waals surface area contributed by atoms with E-state index in [1.165, 1.54) is 0 Å². The molecule has 1 aromatic carbocycles. The number of benzene rings is 1. The molecule has 0 unspecified atom stereocenters. The molecule has 10 heteroatoms. The summed E-state index contributed by atoms with van der Waals surface area (Å²) in [6, 6.07) is 10.1. The second-order valence-corrected chi connectivity index (χ2v) is 10.3. The molecule has 1 saturated heterocycles. The number of carboxylic acids is 1. The van der Waals surface area contributed by atoms with Gasteiger partial charge in [0.15, 0.2) is 0 Å². The van der Waals surface area contributed by atoms with Gasteiger partial charge in [0.2, 0.25) is 11.8 Å². The molecule has 2 aromatic rings. The lowest BCUT2D eigenvalue weighted by Crippen LogP contribution is -2.45. The zero-order valence-corrected chi connectivity index (χ0v) is 22.4. The Labute approximate surface area is 229 Å². The molecule has 2 fully saturated rings. The number of carbonyl (C=O) groups is 3. The van der Waals surface area contributed by atoms with Crippen LogP contribution in [0.1, 0.15) is 49.7 Å². The third-order valence-electron chi connectivity index (χ3n) is 7.43. The number of carboxylic acid groups (broad SMARTS) is 1. The van der Waals surface area contributed by atoms with Crippen molar-refractivity contribution >= 4 is 17.8 Å². The quantitative estimate of drug-likeness (QED) is 0.305. The van der Waals surface area contributed by atoms with Gasteiger partial charge >= 0.3 is 5.97 Å². The molecular weight excluding hydrogens is 498 g/mol. The first kappa shape index (κ1) is 30.0. The molecule has 0 bridgehead atoms. The highest BCUT2D eigenvalue weighted by Crippen LogP contribution is 2.28. The Bertz CT molecular complexity index is 1040. The van der Waals surface area contributed by atoms with Crippen molar-refractivity contribution in [3.05, 3.63) is 59.9 Å². The molecule has 7 N–H and O–H groups in total. The Balaban J connectivity index is 0.000000395. The lowest BCUT2D eigenvalue weighted by molar-refractivity contribution is -0.142. The van der Waals surface area contributed by atoms with Crippen molar-refractivity contribution in [1.29, 1.82) is 0 Å². The Morgan fingerprint density at radius 2 is 1.59 bits per heavy atom. The first-order chi connectivity index (χ1) is 18.9. The van der Waals surface area contributed by atoms with Crippen LogP contribution in [-0.2, 0) is 27.4 Å². The van der Waals surface area contributed by atoms with Crippen molar-refractivity contribution in [3.8, 4) is 5.75 Å². The molecule has 2 aliphatic rings. The Hall–Kier alpha value is -3.50. The predicted molar refractivity (Wildman–Crippen MR) is 148 cm³/mol. The number of aliphatic carboxylic acids is 1. The van der Waals surface area contributed by atoms with Gasteiger partial charge in [-0.1, -0.05) is 12.1 Å². The van der Waals surface area contributed by atoms with Gasteiger partial charge in [-0.25, -0.2) is 4.79 Å². The van der Waals surface area contributed by atoms with Gasteiger partial charge < -0.3 is 31.9 Å². The SMILES string of the molecule is NC(=O)C1CCNCC1.NC[C@H]1CC[C@H](C(=O)N[C@@H](Cc2ccc(OCc3ccncc3)cc2)C(=O)O)CC1. The molecule has 0 radical (unpaired) electrons. The van der Waals surface area contributed by atoms with Crippen LogP contribution in [0.5, 0.6) is 5.75 Å². The molecule has 1 atom stereocenters. The minimum absolute atomic E-state index is 0.126. The lowest BCUT2D eigenvalue weighted by atomic mass is 9.81. The summed E-state index contributed by atoms with van der Waals surface area (Å²) in [5.74, 6) is -0.166. The van der Waals surface area contributed by atoms with E-state index in [1.54, 1.807) is 12.4 Å². The summed E-state index contributed by atoms with van der Waals surface area (Å²) in [6.07, 6.45) is 8.86. The van der Waals surface area contributed by atoms with E-state index < -0.39 is 12.0 Å². The maximum Gasteiger partial charge on any atom is 0.326 e. The first-order valence-corrected chi connectivity index (χ1v) is 13.7. The molecule has 1 aliphatic carbocycles. The molecule has 212 valence electrons. The zero-order chi connectivity index (χ0) is 28.0. The number of carbonyl (C=O) groups excluding carboxylic acids is 2. The van der Waals surface area contributed by atoms with E-state index in [9.17, 15) is 19.5 Å². The maximum atomic E-state index is 12.5. The monoisotopic (exact) mass is 539 g/mol. The number of ether oxygens (including phenoxy) is 1. The van der Waals surface area contributed by atoms with Crippen molar-refractivity contribution in [1.82, 2.24) is 15.6 Å². The summed E-state index contributed by atoms with van der Waals surface area (Å²) in [4.78, 5) is 38.7. The highest BCUT2D eigenvalue weighted by Gasteiger charge is 2.29. The molecule has 2 amide bonds. The number of primary amides is 1. The Kier molecular flexibility index (Phi) is 12.2. The smallest absolute Gasteiger partial charge is 0.326 e. The Morgan fingerprint density at radius 3 is 2.13 bits per heavy atom. The Morgan fingerprint density at radius 1 is 0.949 bits per heavy atom. The molecular formula is C29H41N5O5. The number of piperidine rings is 1. The van der Waals surface area contributed by atoms with E-state index in [0.29, 0.717) is 24.8 Å². The second-order valence-electron chi connectivity index (χ2n) is 10.3. The molecule has 0 spiro atoms. The van der Waals surface area contributed by atoms with Gasteiger partial charge in [0.1, 0.15) is 18.4 Å². The van der Waals surface area contributed by atoms with Crippen LogP contribution in [0.15, 0.2) is 48.8 Å². The molecule has 10 nitrogen and oxygen atoms in total. The molecule has 1 saturated carbocycles. The van der Waals surface area contributed by atoms with Crippen molar-refractivity contribution in [2.45, 2.75) is 57.6 Å². The van der Waals surface area contributed by atoms with Crippen molar-refractivity contribution < 1.29 is 24.2 Å². The molecule has 1 aliphatic heterocycles. The van der Waals surface area contributed by atoms with Crippen molar-refractivity contribution in [2.24, 2.45) is 29.2 Å². The second kappa shape index (κ2) is 15.8. The standard InChI is InChI=1S/C23H29N3O4.C6H12N2O/c24-14-17-1-5-19(6-2-17)22(27)26-21(23(28)29)13-16-3-7-20(8-4-16)30-15-18-9-11-25-12-10-18;7-6(9)5-1-3-8-4-2-5/h3-4,7-12,17,19,21H,1-2,5-6,13-15,24H2,(H,26,27)(H,28,29);5,8H,1-4H2,(H2,7,9)/t17-,19-,21-;/m0./s1. The molecule has 39 heavy (non-hydrogen) atoms. The molecule has 1 aromatic heterocycles. The number of nitrogens with one attached hydrogen (secondary N) is 2. The van der Waals surface area contributed by atoms with E-state index in [2.05, 4.69) is 15.6 Å². The van der Waals surface area contributed by atoms with Gasteiger partial charge in [0.05, 0.1) is 0 Å². The largest absolute Gasteiger partial charge is 0.489 e. The maximum absolute atomic E-state index is 12.5. The number of hydrogen-bond acceptors (Lipinski definition) is 7. The third kappa shape index (κ3) is 10.3. The fourth-order valence-corrected chi connectivity index (χ4v) is 4.86. The van der Waals surface area contributed by atoms with E-state index in [-0.39, 0.29) is 30.1 Å². The van der Waals surface area contributed by atoms with Crippen LogP contribution < -0.4 is 26.8 Å². The summed E-state index contributed by atoms with van der Waals surface area (Å²) in [6.45, 7) is 2.96. The summed E-state index contributed by atoms with van der Waals surface area (Å²) >= 11 is 0. The fourth-order valence-electron chi connectivity index (χ4n) is 4.86. The minimum atomic E-state index is -1.03. The topological polar surface area (TPSA) is 170 Å². The van der Waals surface area contributed by atoms with Gasteiger partial charge in [0.25, 0.3) is 0 Å². The van der Waals surface area contributed by atoms with Crippen LogP contribution in [0.25, 0.3) is 0 Å². The predicted octanol–water partition coefficient (Wildman–Crippen LogP) is 2.01. The van der Waals surface area contributed by atoms with E-state index in [4.69, 9.17) is 16.2 Å². The fraction of sp³-hybridized carbons (Fsp3) is 0.517. The average molecular weight is 540 g/mol. The minimum Gasteiger partial charge on any atom is -0.489 e. The van der Waals surface area contributed by atoms with Crippen LogP contribution in [-0.4, -0.2) is 53.6 Å². The van der Waals surface area contributed by atoms with Crippen LogP contribution in [0, 0.1) is 17.8 Å². The van der Waals surface area contributed by atoms with Gasteiger partial charge in [-0.15, -0.1) is 0 Å². The van der Waals surface area contributed by atoms with E-state index in [1.807, 2.05) is 36.4 Å². The number of nitrogens with zero attached hydrogens (tertiary/aromatic N) is 1. The lowest BCUT2D eigenvalue weighted by Gasteiger charge is -2.27. The highest BCUT2D eigenvalue weighted by atomic mass is 16.5. The summed E-state index contributed by atoms with van der Waals surface area (Å²) in [7, 11) is 0. The number of aromatic nitrogens is 1. The van der Waals surface area contributed by atoms with Gasteiger partial charge in [0, 0.05) is 30.7 Å². The number of amides is 2. The number of rotatable bonds is 10. The number of nitrogens with two attached hydrogens (primary N) is 2. The summed E-state index contributed by atoms with van der Waals surface area (Å²) in [5, 5.41) is 15.4. The summed E-state index contributed by atoms with van der Waals surface area (Å²) in [5.41, 5.74) is 12.6. The molecule has 4 rings (SSSR count). The van der Waals surface area contributed by atoms with E-state index in [0.717, 1.165) is 62.7 Å². The first-order valence-electron chi connectivity index (χ1n) is 13.7. The van der Waals surface area contributed by atoms with Crippen LogP contribution >= 0.6 is 0 Å². The van der Waals surface area contributed by atoms with Crippen LogP contribution in [0.2, 0.25) is 0 Å². The van der Waals surface area contributed by atoms with Crippen molar-refractivity contribution in [2.75, 3.05) is 19.6 Å². The van der Waals surface area contributed by atoms with E-state index >= 15 is 0 Å². The average Bonchev–Trinajstić information content (AvgIpc) is 2.97. The van der Waals surface area contributed by atoms with Crippen LogP contribution in [0.4, 0.5) is 0 Å². The molecule has 2 heterocycles. The van der Waals surface area contributed by atoms with Crippen molar-refractivity contribution in [3.63, 3.8) is 0 Å². The van der Waals surface area contributed by atoms with Gasteiger partial charge in [-0.2, -0.15) is 0 Å². The number of hydrogen-bond donors (Lipinski definition) is 5. The van der Waals surface area contributed by atoms with Gasteiger partial charge in [-0.05, 0) is 99.5 Å². The zero-order valence-electron chi connectivity index (χ0n) is 22.4. The highest BCUT2D eigenvalue weighted by molar-refractivity contribution is 5.85. The normalized spacial score (nSPS) is 20.1.